The fourth-order valence-electron chi connectivity index (χ4n) is 3.82. The second kappa shape index (κ2) is 8.81. The minimum atomic E-state index is -0.941. The van der Waals surface area contributed by atoms with Gasteiger partial charge in [0.25, 0.3) is 0 Å². The summed E-state index contributed by atoms with van der Waals surface area (Å²) in [5.41, 5.74) is 4.90. The van der Waals surface area contributed by atoms with Gasteiger partial charge in [-0.05, 0) is 32.9 Å². The summed E-state index contributed by atoms with van der Waals surface area (Å²) in [5.74, 6) is 0.606. The van der Waals surface area contributed by atoms with Crippen molar-refractivity contribution in [3.05, 3.63) is 30.5 Å². The zero-order chi connectivity index (χ0) is 22.9. The van der Waals surface area contributed by atoms with E-state index in [1.54, 1.807) is 31.8 Å². The van der Waals surface area contributed by atoms with Crippen LogP contribution in [0.4, 0.5) is 11.6 Å². The van der Waals surface area contributed by atoms with E-state index in [0.29, 0.717) is 37.9 Å². The minimum absolute atomic E-state index is 0.138. The Kier molecular flexibility index (Phi) is 6.09. The van der Waals surface area contributed by atoms with Gasteiger partial charge in [0.1, 0.15) is 0 Å². The topological polar surface area (TPSA) is 109 Å². The van der Waals surface area contributed by atoms with Gasteiger partial charge in [0.15, 0.2) is 5.65 Å². The van der Waals surface area contributed by atoms with E-state index in [1.807, 2.05) is 24.3 Å². The molecule has 10 nitrogen and oxygen atoms in total. The van der Waals surface area contributed by atoms with Gasteiger partial charge < -0.3 is 14.7 Å². The maximum absolute atomic E-state index is 11.2. The van der Waals surface area contributed by atoms with Crippen molar-refractivity contribution in [1.82, 2.24) is 25.2 Å². The molecule has 0 aliphatic carbocycles. The van der Waals surface area contributed by atoms with Crippen LogP contribution in [0.25, 0.3) is 22.3 Å². The van der Waals surface area contributed by atoms with Crippen molar-refractivity contribution in [2.45, 2.75) is 39.0 Å². The van der Waals surface area contributed by atoms with E-state index in [9.17, 15) is 9.90 Å². The molecule has 2 aromatic heterocycles. The number of aliphatic hydroxyl groups is 1. The van der Waals surface area contributed by atoms with Crippen LogP contribution in [-0.4, -0.2) is 69.7 Å². The van der Waals surface area contributed by atoms with Crippen LogP contribution in [0, 0.1) is 0 Å². The van der Waals surface area contributed by atoms with E-state index < -0.39 is 5.60 Å². The third-order valence-corrected chi connectivity index (χ3v) is 5.41. The van der Waals surface area contributed by atoms with Gasteiger partial charge >= 0.3 is 0 Å². The van der Waals surface area contributed by atoms with Crippen molar-refractivity contribution in [3.63, 3.8) is 0 Å². The Morgan fingerprint density at radius 3 is 2.69 bits per heavy atom. The van der Waals surface area contributed by atoms with Gasteiger partial charge in [0, 0.05) is 19.2 Å². The van der Waals surface area contributed by atoms with Gasteiger partial charge in [0.05, 0.1) is 54.4 Å². The van der Waals surface area contributed by atoms with Crippen LogP contribution in [0.3, 0.4) is 0 Å². The van der Waals surface area contributed by atoms with E-state index in [1.165, 1.54) is 5.01 Å². The van der Waals surface area contributed by atoms with E-state index in [0.717, 1.165) is 28.7 Å². The van der Waals surface area contributed by atoms with Crippen LogP contribution >= 0.6 is 0 Å². The van der Waals surface area contributed by atoms with E-state index in [-0.39, 0.29) is 6.04 Å². The van der Waals surface area contributed by atoms with Crippen LogP contribution in [0.2, 0.25) is 0 Å². The predicted octanol–water partition coefficient (Wildman–Crippen LogP) is 1.59. The first kappa shape index (κ1) is 22.1. The number of ether oxygens (including phenoxy) is 1. The number of carbonyl (C=O) groups excluding carboxylic acids is 1. The number of carbonyl (C=O) groups is 1. The Bertz CT molecular complexity index is 1090. The molecule has 170 valence electrons. The second-order valence-electron chi connectivity index (χ2n) is 8.59. The number of hydrazine groups is 1. The van der Waals surface area contributed by atoms with Crippen LogP contribution in [0.15, 0.2) is 30.5 Å². The molecule has 2 N–H and O–H groups in total. The lowest BCUT2D eigenvalue weighted by molar-refractivity contribution is -0.107. The molecule has 1 amide bonds. The summed E-state index contributed by atoms with van der Waals surface area (Å²) in [6, 6.07) is 7.69. The molecule has 1 aliphatic rings. The summed E-state index contributed by atoms with van der Waals surface area (Å²) in [5, 5.41) is 17.0. The molecular weight excluding hydrogens is 410 g/mol. The Labute approximate surface area is 186 Å². The molecule has 1 atom stereocenters. The number of rotatable bonds is 7. The number of hydrogen-bond acceptors (Lipinski definition) is 8. The SMILES string of the molecule is CNN(C=O)c1ccc(-c2nc(N3CCOC[C@@H]3C)nc3c2cnn3CC(C)(C)O)cc1. The largest absolute Gasteiger partial charge is 0.389 e. The zero-order valence-corrected chi connectivity index (χ0v) is 18.8. The van der Waals surface area contributed by atoms with Crippen LogP contribution in [0.5, 0.6) is 0 Å². The Hall–Kier alpha value is -3.08. The first-order valence-corrected chi connectivity index (χ1v) is 10.6. The van der Waals surface area contributed by atoms with Gasteiger partial charge in [-0.25, -0.2) is 20.1 Å². The summed E-state index contributed by atoms with van der Waals surface area (Å²) in [6.45, 7) is 7.80. The van der Waals surface area contributed by atoms with E-state index in [4.69, 9.17) is 14.7 Å². The summed E-state index contributed by atoms with van der Waals surface area (Å²) in [4.78, 5) is 23.1. The van der Waals surface area contributed by atoms with Gasteiger partial charge in [-0.2, -0.15) is 10.1 Å². The van der Waals surface area contributed by atoms with Crippen molar-refractivity contribution in [3.8, 4) is 11.3 Å². The highest BCUT2D eigenvalue weighted by Crippen LogP contribution is 2.31. The molecule has 4 rings (SSSR count). The summed E-state index contributed by atoms with van der Waals surface area (Å²) in [6.07, 6.45) is 2.46. The number of nitrogens with zero attached hydrogens (tertiary/aromatic N) is 6. The zero-order valence-electron chi connectivity index (χ0n) is 18.8. The molecule has 10 heteroatoms. The number of aromatic nitrogens is 4. The first-order chi connectivity index (χ1) is 15.3. The highest BCUT2D eigenvalue weighted by molar-refractivity contribution is 5.91. The highest BCUT2D eigenvalue weighted by Gasteiger charge is 2.25. The summed E-state index contributed by atoms with van der Waals surface area (Å²) in [7, 11) is 1.68. The molecular formula is C22H29N7O3. The number of anilines is 2. The molecule has 1 fully saturated rings. The van der Waals surface area contributed by atoms with E-state index in [2.05, 4.69) is 22.3 Å². The third kappa shape index (κ3) is 4.43. The average Bonchev–Trinajstić information content (AvgIpc) is 3.16. The van der Waals surface area contributed by atoms with Crippen molar-refractivity contribution in [2.24, 2.45) is 0 Å². The Balaban J connectivity index is 1.84. The molecule has 3 heterocycles. The molecule has 1 aromatic carbocycles. The molecule has 0 bridgehead atoms. The van der Waals surface area contributed by atoms with Crippen LogP contribution < -0.4 is 15.3 Å². The highest BCUT2D eigenvalue weighted by atomic mass is 16.5. The Morgan fingerprint density at radius 2 is 2.06 bits per heavy atom. The second-order valence-corrected chi connectivity index (χ2v) is 8.59. The Morgan fingerprint density at radius 1 is 1.31 bits per heavy atom. The van der Waals surface area contributed by atoms with Gasteiger partial charge in [0.2, 0.25) is 12.4 Å². The maximum atomic E-state index is 11.2. The molecule has 1 saturated heterocycles. The van der Waals surface area contributed by atoms with Gasteiger partial charge in [-0.15, -0.1) is 0 Å². The molecule has 0 saturated carbocycles. The van der Waals surface area contributed by atoms with Crippen LogP contribution in [0.1, 0.15) is 20.8 Å². The number of nitrogens with one attached hydrogen (secondary N) is 1. The molecule has 0 unspecified atom stereocenters. The fraction of sp³-hybridized carbons (Fsp3) is 0.455. The van der Waals surface area contributed by atoms with Gasteiger partial charge in [-0.1, -0.05) is 12.1 Å². The van der Waals surface area contributed by atoms with Crippen LogP contribution in [-0.2, 0) is 16.1 Å². The predicted molar refractivity (Wildman–Crippen MR) is 122 cm³/mol. The molecule has 0 radical (unpaired) electrons. The lowest BCUT2D eigenvalue weighted by Gasteiger charge is -2.33. The number of morpholine rings is 1. The summed E-state index contributed by atoms with van der Waals surface area (Å²) < 4.78 is 7.30. The smallest absolute Gasteiger partial charge is 0.228 e. The van der Waals surface area contributed by atoms with Crippen molar-refractivity contribution in [1.29, 1.82) is 0 Å². The van der Waals surface area contributed by atoms with Crippen molar-refractivity contribution >= 4 is 29.1 Å². The van der Waals surface area contributed by atoms with Gasteiger partial charge in [-0.3, -0.25) is 4.79 Å². The fourth-order valence-corrected chi connectivity index (χ4v) is 3.82. The number of benzene rings is 1. The summed E-state index contributed by atoms with van der Waals surface area (Å²) >= 11 is 0. The standard InChI is InChI=1S/C22H29N7O3/c1-15-12-32-10-9-27(15)21-25-19(16-5-7-17(8-6-16)29(14-30)23-4)18-11-24-28(20(18)26-21)13-22(2,3)31/h5-8,11,14-15,23,31H,9-10,12-13H2,1-4H3/t15-/m0/s1. The lowest BCUT2D eigenvalue weighted by atomic mass is 10.1. The third-order valence-electron chi connectivity index (χ3n) is 5.41. The quantitative estimate of drug-likeness (QED) is 0.422. The molecule has 3 aromatic rings. The monoisotopic (exact) mass is 439 g/mol. The average molecular weight is 440 g/mol. The normalized spacial score (nSPS) is 17.0. The molecule has 32 heavy (non-hydrogen) atoms. The molecule has 0 spiro atoms. The number of hydrogen-bond donors (Lipinski definition) is 2. The minimum Gasteiger partial charge on any atom is -0.389 e. The van der Waals surface area contributed by atoms with Crippen molar-refractivity contribution < 1.29 is 14.6 Å². The molecule has 1 aliphatic heterocycles. The van der Waals surface area contributed by atoms with Crippen molar-refractivity contribution in [2.75, 3.05) is 36.7 Å². The lowest BCUT2D eigenvalue weighted by Crippen LogP contribution is -2.44. The first-order valence-electron chi connectivity index (χ1n) is 10.6. The maximum Gasteiger partial charge on any atom is 0.228 e. The van der Waals surface area contributed by atoms with E-state index >= 15 is 0 Å². The number of amides is 1. The number of fused-ring (bicyclic) bond motifs is 1.